The number of aryl methyl sites for hydroxylation is 1. The van der Waals surface area contributed by atoms with Gasteiger partial charge in [0.2, 0.25) is 5.95 Å². The molecule has 1 aromatic rings. The lowest BCUT2D eigenvalue weighted by molar-refractivity contribution is 0.498. The Balaban J connectivity index is 2.75. The van der Waals surface area contributed by atoms with E-state index >= 15 is 0 Å². The van der Waals surface area contributed by atoms with Gasteiger partial charge in [0, 0.05) is 37.1 Å². The fourth-order valence-corrected chi connectivity index (χ4v) is 1.85. The van der Waals surface area contributed by atoms with Gasteiger partial charge in [-0.3, -0.25) is 0 Å². The molecular weight excluding hydrogens is 236 g/mol. The van der Waals surface area contributed by atoms with Gasteiger partial charge in [-0.2, -0.15) is 0 Å². The molecule has 1 atom stereocenters. The third kappa shape index (κ3) is 4.46. The van der Waals surface area contributed by atoms with Crippen LogP contribution in [0.4, 0.5) is 5.95 Å². The molecule has 0 saturated carbocycles. The first-order valence-corrected chi connectivity index (χ1v) is 7.23. The number of rotatable bonds is 7. The lowest BCUT2D eigenvalue weighted by Gasteiger charge is -2.28. The molecule has 4 nitrogen and oxygen atoms in total. The van der Waals surface area contributed by atoms with Gasteiger partial charge in [0.15, 0.2) is 0 Å². The van der Waals surface area contributed by atoms with E-state index in [-0.39, 0.29) is 0 Å². The van der Waals surface area contributed by atoms with Crippen LogP contribution in [0.25, 0.3) is 0 Å². The molecule has 1 N–H and O–H groups in total. The summed E-state index contributed by atoms with van der Waals surface area (Å²) in [7, 11) is 2.06. The standard InChI is InChI=1S/C15H28N4/c1-7-8-16-9-14-10-17-15(18-12(14)4)19(6)13(5)11(2)3/h10-11,13,16H,7-9H2,1-6H3. The maximum Gasteiger partial charge on any atom is 0.225 e. The zero-order valence-electron chi connectivity index (χ0n) is 13.2. The number of aromatic nitrogens is 2. The number of hydrogen-bond acceptors (Lipinski definition) is 4. The van der Waals surface area contributed by atoms with E-state index < -0.39 is 0 Å². The average Bonchev–Trinajstić information content (AvgIpc) is 2.39. The third-order valence-corrected chi connectivity index (χ3v) is 3.70. The van der Waals surface area contributed by atoms with Crippen LogP contribution >= 0.6 is 0 Å². The van der Waals surface area contributed by atoms with E-state index in [0.717, 1.165) is 31.2 Å². The minimum Gasteiger partial charge on any atom is -0.341 e. The van der Waals surface area contributed by atoms with Crippen molar-refractivity contribution in [3.8, 4) is 0 Å². The molecule has 1 rings (SSSR count). The fraction of sp³-hybridized carbons (Fsp3) is 0.733. The topological polar surface area (TPSA) is 41.1 Å². The Hall–Kier alpha value is -1.16. The van der Waals surface area contributed by atoms with Crippen LogP contribution in [-0.4, -0.2) is 29.6 Å². The molecule has 4 heteroatoms. The Morgan fingerprint density at radius 3 is 2.53 bits per heavy atom. The molecule has 0 saturated heterocycles. The highest BCUT2D eigenvalue weighted by Gasteiger charge is 2.16. The molecule has 19 heavy (non-hydrogen) atoms. The molecule has 1 unspecified atom stereocenters. The predicted molar refractivity (Wildman–Crippen MR) is 81.5 cm³/mol. The monoisotopic (exact) mass is 264 g/mol. The smallest absolute Gasteiger partial charge is 0.225 e. The number of hydrogen-bond donors (Lipinski definition) is 1. The van der Waals surface area contributed by atoms with Crippen LogP contribution in [0.1, 0.15) is 45.4 Å². The van der Waals surface area contributed by atoms with Gasteiger partial charge in [0.05, 0.1) is 0 Å². The molecule has 0 radical (unpaired) electrons. The Morgan fingerprint density at radius 1 is 1.32 bits per heavy atom. The quantitative estimate of drug-likeness (QED) is 0.769. The molecule has 108 valence electrons. The second kappa shape index (κ2) is 7.43. The van der Waals surface area contributed by atoms with Crippen LogP contribution in [0, 0.1) is 12.8 Å². The molecule has 0 amide bonds. The molecule has 1 heterocycles. The van der Waals surface area contributed by atoms with E-state index in [0.29, 0.717) is 12.0 Å². The summed E-state index contributed by atoms with van der Waals surface area (Å²) in [5.41, 5.74) is 2.25. The van der Waals surface area contributed by atoms with Crippen molar-refractivity contribution >= 4 is 5.95 Å². The van der Waals surface area contributed by atoms with Gasteiger partial charge in [-0.25, -0.2) is 9.97 Å². The summed E-state index contributed by atoms with van der Waals surface area (Å²) in [5, 5.41) is 3.39. The van der Waals surface area contributed by atoms with Gasteiger partial charge in [0.1, 0.15) is 0 Å². The van der Waals surface area contributed by atoms with Crippen LogP contribution in [0.5, 0.6) is 0 Å². The SMILES string of the molecule is CCCNCc1cnc(N(C)C(C)C(C)C)nc1C. The normalized spacial score (nSPS) is 12.8. The van der Waals surface area contributed by atoms with Crippen molar-refractivity contribution in [2.24, 2.45) is 5.92 Å². The summed E-state index contributed by atoms with van der Waals surface area (Å²) in [5.74, 6) is 1.40. The van der Waals surface area contributed by atoms with Crippen LogP contribution in [-0.2, 0) is 6.54 Å². The Kier molecular flexibility index (Phi) is 6.22. The highest BCUT2D eigenvalue weighted by Crippen LogP contribution is 2.16. The lowest BCUT2D eigenvalue weighted by atomic mass is 10.1. The highest BCUT2D eigenvalue weighted by molar-refractivity contribution is 5.33. The molecule has 0 aliphatic carbocycles. The van der Waals surface area contributed by atoms with Gasteiger partial charge in [-0.1, -0.05) is 20.8 Å². The Bertz CT molecular complexity index is 390. The first-order chi connectivity index (χ1) is 8.97. The average molecular weight is 264 g/mol. The van der Waals surface area contributed by atoms with Gasteiger partial charge < -0.3 is 10.2 Å². The minimum atomic E-state index is 0.434. The maximum absolute atomic E-state index is 4.63. The summed E-state index contributed by atoms with van der Waals surface area (Å²) in [6.45, 7) is 12.8. The first kappa shape index (κ1) is 15.9. The fourth-order valence-electron chi connectivity index (χ4n) is 1.85. The number of nitrogens with zero attached hydrogens (tertiary/aromatic N) is 3. The summed E-state index contributed by atoms with van der Waals surface area (Å²) in [6, 6.07) is 0.434. The first-order valence-electron chi connectivity index (χ1n) is 7.23. The van der Waals surface area contributed by atoms with Gasteiger partial charge >= 0.3 is 0 Å². The maximum atomic E-state index is 4.63. The van der Waals surface area contributed by atoms with Gasteiger partial charge in [-0.15, -0.1) is 0 Å². The molecule has 0 aliphatic heterocycles. The minimum absolute atomic E-state index is 0.434. The predicted octanol–water partition coefficient (Wildman–Crippen LogP) is 2.77. The van der Waals surface area contributed by atoms with Crippen LogP contribution in [0.3, 0.4) is 0 Å². The van der Waals surface area contributed by atoms with Crippen LogP contribution in [0.15, 0.2) is 6.20 Å². The van der Waals surface area contributed by atoms with Crippen LogP contribution in [0.2, 0.25) is 0 Å². The highest BCUT2D eigenvalue weighted by atomic mass is 15.2. The van der Waals surface area contributed by atoms with E-state index in [2.05, 4.69) is 61.9 Å². The van der Waals surface area contributed by atoms with Crippen molar-refractivity contribution in [3.05, 3.63) is 17.5 Å². The number of nitrogens with one attached hydrogen (secondary N) is 1. The molecule has 0 bridgehead atoms. The van der Waals surface area contributed by atoms with Crippen molar-refractivity contribution in [1.29, 1.82) is 0 Å². The van der Waals surface area contributed by atoms with Crippen molar-refractivity contribution in [2.45, 2.75) is 53.6 Å². The summed E-state index contributed by atoms with van der Waals surface area (Å²) >= 11 is 0. The van der Waals surface area contributed by atoms with Crippen LogP contribution < -0.4 is 10.2 Å². The summed E-state index contributed by atoms with van der Waals surface area (Å²) in [6.07, 6.45) is 3.09. The van der Waals surface area contributed by atoms with Gasteiger partial charge in [-0.05, 0) is 32.7 Å². The van der Waals surface area contributed by atoms with Crippen molar-refractivity contribution < 1.29 is 0 Å². The lowest BCUT2D eigenvalue weighted by Crippen LogP contribution is -2.34. The summed E-state index contributed by atoms with van der Waals surface area (Å²) in [4.78, 5) is 11.3. The molecule has 1 aromatic heterocycles. The molecule has 0 spiro atoms. The zero-order valence-corrected chi connectivity index (χ0v) is 13.2. The van der Waals surface area contributed by atoms with Gasteiger partial charge in [0.25, 0.3) is 0 Å². The van der Waals surface area contributed by atoms with E-state index in [9.17, 15) is 0 Å². The molecule has 0 fully saturated rings. The van der Waals surface area contributed by atoms with Crippen molar-refractivity contribution in [1.82, 2.24) is 15.3 Å². The molecule has 0 aromatic carbocycles. The van der Waals surface area contributed by atoms with E-state index in [4.69, 9.17) is 0 Å². The van der Waals surface area contributed by atoms with E-state index in [1.165, 1.54) is 5.56 Å². The van der Waals surface area contributed by atoms with Crippen molar-refractivity contribution in [3.63, 3.8) is 0 Å². The largest absolute Gasteiger partial charge is 0.341 e. The Labute approximate surface area is 117 Å². The molecular formula is C15H28N4. The third-order valence-electron chi connectivity index (χ3n) is 3.70. The molecule has 0 aliphatic rings. The van der Waals surface area contributed by atoms with Crippen molar-refractivity contribution in [2.75, 3.05) is 18.5 Å². The second-order valence-corrected chi connectivity index (χ2v) is 5.55. The zero-order chi connectivity index (χ0) is 14.4. The number of anilines is 1. The van der Waals surface area contributed by atoms with E-state index in [1.54, 1.807) is 0 Å². The van der Waals surface area contributed by atoms with E-state index in [1.807, 2.05) is 6.20 Å². The second-order valence-electron chi connectivity index (χ2n) is 5.55. The Morgan fingerprint density at radius 2 is 2.00 bits per heavy atom. The summed E-state index contributed by atoms with van der Waals surface area (Å²) < 4.78 is 0.